The molecule has 0 fully saturated rings. The van der Waals surface area contributed by atoms with Crippen molar-refractivity contribution in [1.82, 2.24) is 0 Å². The molecule has 0 saturated carbocycles. The second-order valence-electron chi connectivity index (χ2n) is 7.30. The Labute approximate surface area is 203 Å². The molecule has 0 aromatic heterocycles. The van der Waals surface area contributed by atoms with Crippen LogP contribution in [0.1, 0.15) is 39.2 Å². The van der Waals surface area contributed by atoms with Crippen LogP contribution < -0.4 is 0 Å². The Morgan fingerprint density at radius 2 is 1.35 bits per heavy atom. The molecule has 162 valence electrons. The average Bonchev–Trinajstić information content (AvgIpc) is 2.74. The first-order valence-electron chi connectivity index (χ1n) is 9.86. The minimum absolute atomic E-state index is 0.116. The van der Waals surface area contributed by atoms with Crippen LogP contribution in [0.25, 0.3) is 0 Å². The second kappa shape index (κ2) is 10.8. The maximum Gasteiger partial charge on any atom is 0.265 e. The van der Waals surface area contributed by atoms with Gasteiger partial charge in [-0.15, -0.1) is 11.8 Å². The number of nitrogens with one attached hydrogen (secondary N) is 1. The van der Waals surface area contributed by atoms with E-state index < -0.39 is 9.90 Å². The molecule has 0 aliphatic carbocycles. The third kappa shape index (κ3) is 6.43. The quantitative estimate of drug-likeness (QED) is 0.204. The molecule has 6 heteroatoms. The van der Waals surface area contributed by atoms with Crippen molar-refractivity contribution in [2.45, 2.75) is 34.7 Å². The van der Waals surface area contributed by atoms with Gasteiger partial charge in [-0.25, -0.2) is 0 Å². The van der Waals surface area contributed by atoms with Gasteiger partial charge in [-0.3, -0.25) is 5.41 Å². The van der Waals surface area contributed by atoms with E-state index in [1.165, 1.54) is 5.56 Å². The highest BCUT2D eigenvalue weighted by Gasteiger charge is 2.36. The molecule has 0 amide bonds. The summed E-state index contributed by atoms with van der Waals surface area (Å²) >= 11 is 19.7. The molecule has 3 rings (SSSR count). The van der Waals surface area contributed by atoms with Crippen molar-refractivity contribution in [1.29, 1.82) is 5.41 Å². The largest absolute Gasteiger partial charge is 0.468 e. The molecular weight excluding hydrogens is 469 g/mol. The molecule has 0 bridgehead atoms. The van der Waals surface area contributed by atoms with Crippen molar-refractivity contribution in [3.05, 3.63) is 107 Å². The number of ether oxygens (including phenoxy) is 1. The molecule has 2 atom stereocenters. The van der Waals surface area contributed by atoms with Gasteiger partial charge in [0.25, 0.3) is 3.79 Å². The van der Waals surface area contributed by atoms with Crippen LogP contribution in [0.3, 0.4) is 0 Å². The summed E-state index contributed by atoms with van der Waals surface area (Å²) in [6.45, 7) is 4.11. The number of halogens is 3. The Balaban J connectivity index is 2.06. The van der Waals surface area contributed by atoms with Gasteiger partial charge >= 0.3 is 0 Å². The number of thioether (sulfide) groups is 1. The second-order valence-corrected chi connectivity index (χ2v) is 10.7. The topological polar surface area (TPSA) is 33.1 Å². The normalized spacial score (nSPS) is 13.5. The lowest BCUT2D eigenvalue weighted by Crippen LogP contribution is -2.26. The SMILES string of the molecule is Cc1ccccc1[C@@H](OC(=N)C(Cl)(Cl)Cl)[C@H](SCc1ccccc1)c1ccccc1C. The van der Waals surface area contributed by atoms with Crippen LogP contribution in [0.5, 0.6) is 0 Å². The van der Waals surface area contributed by atoms with Crippen molar-refractivity contribution < 1.29 is 4.74 Å². The van der Waals surface area contributed by atoms with Gasteiger partial charge < -0.3 is 4.74 Å². The van der Waals surface area contributed by atoms with E-state index in [2.05, 4.69) is 31.2 Å². The maximum atomic E-state index is 8.27. The number of alkyl halides is 3. The van der Waals surface area contributed by atoms with Gasteiger partial charge in [-0.05, 0) is 41.7 Å². The lowest BCUT2D eigenvalue weighted by molar-refractivity contribution is 0.181. The third-order valence-electron chi connectivity index (χ3n) is 5.04. The Morgan fingerprint density at radius 1 is 0.839 bits per heavy atom. The zero-order valence-electron chi connectivity index (χ0n) is 17.3. The molecular formula is C25H24Cl3NOS. The summed E-state index contributed by atoms with van der Waals surface area (Å²) in [6, 6.07) is 26.5. The number of rotatable bonds is 7. The predicted molar refractivity (Wildman–Crippen MR) is 135 cm³/mol. The number of hydrogen-bond donors (Lipinski definition) is 1. The molecule has 0 aliphatic heterocycles. The Hall–Kier alpha value is -1.65. The zero-order valence-corrected chi connectivity index (χ0v) is 20.4. The Bertz CT molecular complexity index is 1020. The van der Waals surface area contributed by atoms with Crippen molar-refractivity contribution in [3.8, 4) is 0 Å². The summed E-state index contributed by atoms with van der Waals surface area (Å²) < 4.78 is 4.18. The summed E-state index contributed by atoms with van der Waals surface area (Å²) in [5, 5.41) is 8.15. The van der Waals surface area contributed by atoms with Gasteiger partial charge in [-0.2, -0.15) is 0 Å². The monoisotopic (exact) mass is 491 g/mol. The van der Waals surface area contributed by atoms with E-state index in [1.54, 1.807) is 11.8 Å². The van der Waals surface area contributed by atoms with Crippen molar-refractivity contribution in [3.63, 3.8) is 0 Å². The van der Waals surface area contributed by atoms with Gasteiger partial charge in [0.05, 0.1) is 5.25 Å². The third-order valence-corrected chi connectivity index (χ3v) is 6.91. The van der Waals surface area contributed by atoms with E-state index in [4.69, 9.17) is 44.9 Å². The van der Waals surface area contributed by atoms with Gasteiger partial charge in [-0.1, -0.05) is 114 Å². The lowest BCUT2D eigenvalue weighted by Gasteiger charge is -2.31. The van der Waals surface area contributed by atoms with Crippen molar-refractivity contribution in [2.75, 3.05) is 0 Å². The minimum Gasteiger partial charge on any atom is -0.468 e. The smallest absolute Gasteiger partial charge is 0.265 e. The Morgan fingerprint density at radius 3 is 1.90 bits per heavy atom. The van der Waals surface area contributed by atoms with E-state index >= 15 is 0 Å². The number of benzene rings is 3. The number of hydrogen-bond acceptors (Lipinski definition) is 3. The van der Waals surface area contributed by atoms with Crippen molar-refractivity contribution >= 4 is 52.5 Å². The van der Waals surface area contributed by atoms with Crippen LogP contribution in [-0.4, -0.2) is 9.69 Å². The summed E-state index contributed by atoms with van der Waals surface area (Å²) in [4.78, 5) is 0. The molecule has 0 radical (unpaired) electrons. The van der Waals surface area contributed by atoms with E-state index in [0.717, 1.165) is 28.0 Å². The molecule has 3 aromatic rings. The summed E-state index contributed by atoms with van der Waals surface area (Å²) in [7, 11) is 0. The van der Waals surface area contributed by atoms with Gasteiger partial charge in [0, 0.05) is 5.75 Å². The first-order valence-corrected chi connectivity index (χ1v) is 12.0. The number of aryl methyl sites for hydroxylation is 2. The maximum absolute atomic E-state index is 8.27. The molecule has 0 heterocycles. The fourth-order valence-corrected chi connectivity index (χ4v) is 4.91. The fourth-order valence-electron chi connectivity index (χ4n) is 3.39. The zero-order chi connectivity index (χ0) is 22.4. The molecule has 2 nitrogen and oxygen atoms in total. The average molecular weight is 493 g/mol. The Kier molecular flexibility index (Phi) is 8.35. The molecule has 0 unspecified atom stereocenters. The van der Waals surface area contributed by atoms with Crippen LogP contribution in [0.2, 0.25) is 0 Å². The van der Waals surface area contributed by atoms with Crippen LogP contribution in [-0.2, 0) is 10.5 Å². The standard InChI is InChI=1S/C25H24Cl3NOS/c1-17-10-6-8-14-20(17)22(30-24(29)25(26,27)28)23(21-15-9-7-11-18(21)2)31-16-19-12-4-3-5-13-19/h3-15,22-23,29H,16H2,1-2H3/t22-,23-/m1/s1. The van der Waals surface area contributed by atoms with E-state index in [-0.39, 0.29) is 11.1 Å². The molecule has 0 aliphatic rings. The first kappa shape index (κ1) is 24.0. The highest BCUT2D eigenvalue weighted by molar-refractivity contribution is 7.98. The van der Waals surface area contributed by atoms with Gasteiger partial charge in [0.2, 0.25) is 5.90 Å². The summed E-state index contributed by atoms with van der Waals surface area (Å²) in [6.07, 6.45) is -0.501. The van der Waals surface area contributed by atoms with Gasteiger partial charge in [0.1, 0.15) is 6.10 Å². The van der Waals surface area contributed by atoms with Gasteiger partial charge in [0.15, 0.2) is 0 Å². The molecule has 1 N–H and O–H groups in total. The highest BCUT2D eigenvalue weighted by atomic mass is 35.6. The minimum atomic E-state index is -1.93. The van der Waals surface area contributed by atoms with Crippen LogP contribution >= 0.6 is 46.6 Å². The van der Waals surface area contributed by atoms with Crippen LogP contribution in [0, 0.1) is 19.3 Å². The highest BCUT2D eigenvalue weighted by Crippen LogP contribution is 2.47. The lowest BCUT2D eigenvalue weighted by atomic mass is 9.95. The molecule has 0 saturated heterocycles. The van der Waals surface area contributed by atoms with E-state index in [9.17, 15) is 0 Å². The first-order chi connectivity index (χ1) is 14.8. The fraction of sp³-hybridized carbons (Fsp3) is 0.240. The van der Waals surface area contributed by atoms with Crippen molar-refractivity contribution in [2.24, 2.45) is 0 Å². The van der Waals surface area contributed by atoms with E-state index in [1.807, 2.05) is 61.5 Å². The molecule has 0 spiro atoms. The predicted octanol–water partition coefficient (Wildman–Crippen LogP) is 8.38. The summed E-state index contributed by atoms with van der Waals surface area (Å²) in [5.74, 6) is 0.400. The van der Waals surface area contributed by atoms with Crippen LogP contribution in [0.4, 0.5) is 0 Å². The molecule has 31 heavy (non-hydrogen) atoms. The van der Waals surface area contributed by atoms with E-state index in [0.29, 0.717) is 0 Å². The molecule has 3 aromatic carbocycles. The summed E-state index contributed by atoms with van der Waals surface area (Å²) in [5.41, 5.74) is 5.52. The van der Waals surface area contributed by atoms with Crippen LogP contribution in [0.15, 0.2) is 78.9 Å².